The van der Waals surface area contributed by atoms with Crippen molar-refractivity contribution in [3.63, 3.8) is 0 Å². The van der Waals surface area contributed by atoms with Crippen molar-refractivity contribution in [1.82, 2.24) is 5.32 Å². The van der Waals surface area contributed by atoms with E-state index in [-0.39, 0.29) is 23.8 Å². The van der Waals surface area contributed by atoms with Gasteiger partial charge in [-0.3, -0.25) is 9.59 Å². The lowest BCUT2D eigenvalue weighted by atomic mass is 10.0. The molecule has 4 atom stereocenters. The van der Waals surface area contributed by atoms with Crippen LogP contribution in [0.4, 0.5) is 0 Å². The summed E-state index contributed by atoms with van der Waals surface area (Å²) in [4.78, 5) is 22.9. The van der Waals surface area contributed by atoms with E-state index in [1.165, 1.54) is 0 Å². The highest BCUT2D eigenvalue weighted by Gasteiger charge is 2.34. The van der Waals surface area contributed by atoms with E-state index in [1.807, 2.05) is 0 Å². The van der Waals surface area contributed by atoms with Crippen molar-refractivity contribution in [3.05, 3.63) is 0 Å². The van der Waals surface area contributed by atoms with Crippen LogP contribution in [-0.4, -0.2) is 36.7 Å². The number of ether oxygens (including phenoxy) is 1. The molecular formula is C14H23NO4. The molecule has 2 saturated carbocycles. The van der Waals surface area contributed by atoms with E-state index in [0.29, 0.717) is 31.7 Å². The molecule has 108 valence electrons. The predicted octanol–water partition coefficient (Wildman–Crippen LogP) is 1.42. The standard InChI is InChI=1S/C14H23NO4/c1-19-12-4-2-3-11(12)8-15-13(16)9-5-6-10(7-9)14(17)18/h9-12H,2-8H2,1H3,(H,15,16)(H,17,18)/t9-,10+,11?,12?/m1/s1. The van der Waals surface area contributed by atoms with Gasteiger partial charge < -0.3 is 15.2 Å². The number of rotatable bonds is 5. The normalized spacial score (nSPS) is 34.4. The summed E-state index contributed by atoms with van der Waals surface area (Å²) in [5.74, 6) is -0.806. The van der Waals surface area contributed by atoms with E-state index in [2.05, 4.69) is 5.32 Å². The fraction of sp³-hybridized carbons (Fsp3) is 0.857. The second-order valence-corrected chi connectivity index (χ2v) is 5.76. The zero-order chi connectivity index (χ0) is 13.8. The number of methoxy groups -OCH3 is 1. The molecule has 0 bridgehead atoms. The van der Waals surface area contributed by atoms with E-state index in [1.54, 1.807) is 7.11 Å². The van der Waals surface area contributed by atoms with Crippen LogP contribution >= 0.6 is 0 Å². The zero-order valence-electron chi connectivity index (χ0n) is 11.4. The SMILES string of the molecule is COC1CCCC1CNC(=O)[C@@H]1CC[C@H](C(=O)O)C1. The van der Waals surface area contributed by atoms with Gasteiger partial charge in [-0.15, -0.1) is 0 Å². The van der Waals surface area contributed by atoms with Crippen molar-refractivity contribution in [2.75, 3.05) is 13.7 Å². The smallest absolute Gasteiger partial charge is 0.306 e. The lowest BCUT2D eigenvalue weighted by molar-refractivity contribution is -0.141. The molecule has 2 N–H and O–H groups in total. The van der Waals surface area contributed by atoms with Crippen molar-refractivity contribution < 1.29 is 19.4 Å². The fourth-order valence-electron chi connectivity index (χ4n) is 3.37. The molecule has 5 nitrogen and oxygen atoms in total. The second-order valence-electron chi connectivity index (χ2n) is 5.76. The maximum Gasteiger partial charge on any atom is 0.306 e. The molecule has 0 aromatic heterocycles. The Kier molecular flexibility index (Phi) is 4.80. The number of hydrogen-bond donors (Lipinski definition) is 2. The van der Waals surface area contributed by atoms with Crippen molar-refractivity contribution in [2.45, 2.75) is 44.6 Å². The largest absolute Gasteiger partial charge is 0.481 e. The third-order valence-corrected chi connectivity index (χ3v) is 4.58. The summed E-state index contributed by atoms with van der Waals surface area (Å²) in [7, 11) is 1.72. The summed E-state index contributed by atoms with van der Waals surface area (Å²) in [5, 5.41) is 11.9. The molecule has 2 rings (SSSR count). The van der Waals surface area contributed by atoms with E-state index in [4.69, 9.17) is 9.84 Å². The lowest BCUT2D eigenvalue weighted by Crippen LogP contribution is -2.36. The first-order valence-electron chi connectivity index (χ1n) is 7.15. The number of hydrogen-bond acceptors (Lipinski definition) is 3. The van der Waals surface area contributed by atoms with Crippen LogP contribution in [0.15, 0.2) is 0 Å². The molecule has 1 amide bonds. The first kappa shape index (κ1) is 14.3. The van der Waals surface area contributed by atoms with Gasteiger partial charge in [0.25, 0.3) is 0 Å². The first-order chi connectivity index (χ1) is 9.11. The Hall–Kier alpha value is -1.10. The molecule has 2 unspecified atom stereocenters. The molecule has 0 radical (unpaired) electrons. The quantitative estimate of drug-likeness (QED) is 0.791. The third-order valence-electron chi connectivity index (χ3n) is 4.58. The van der Waals surface area contributed by atoms with Gasteiger partial charge in [0, 0.05) is 25.5 Å². The van der Waals surface area contributed by atoms with Gasteiger partial charge in [0.05, 0.1) is 12.0 Å². The second kappa shape index (κ2) is 6.37. The Morgan fingerprint density at radius 1 is 1.21 bits per heavy atom. The minimum absolute atomic E-state index is 0.0190. The molecule has 2 aliphatic carbocycles. The molecule has 0 aromatic carbocycles. The lowest BCUT2D eigenvalue weighted by Gasteiger charge is -2.19. The molecule has 0 saturated heterocycles. The van der Waals surface area contributed by atoms with E-state index >= 15 is 0 Å². The highest BCUT2D eigenvalue weighted by atomic mass is 16.5. The van der Waals surface area contributed by atoms with Crippen LogP contribution in [0.2, 0.25) is 0 Å². The molecule has 2 fully saturated rings. The number of carbonyl (C=O) groups is 2. The number of nitrogens with one attached hydrogen (secondary N) is 1. The van der Waals surface area contributed by atoms with Gasteiger partial charge in [-0.1, -0.05) is 6.42 Å². The molecular weight excluding hydrogens is 246 g/mol. The fourth-order valence-corrected chi connectivity index (χ4v) is 3.37. The van der Waals surface area contributed by atoms with Crippen molar-refractivity contribution in [3.8, 4) is 0 Å². The van der Waals surface area contributed by atoms with Gasteiger partial charge in [-0.2, -0.15) is 0 Å². The van der Waals surface area contributed by atoms with Crippen LogP contribution in [0.1, 0.15) is 38.5 Å². The molecule has 2 aliphatic rings. The van der Waals surface area contributed by atoms with Crippen LogP contribution in [0.25, 0.3) is 0 Å². The first-order valence-corrected chi connectivity index (χ1v) is 7.15. The summed E-state index contributed by atoms with van der Waals surface area (Å²) in [6.45, 7) is 0.658. The van der Waals surface area contributed by atoms with Crippen LogP contribution < -0.4 is 5.32 Å². The monoisotopic (exact) mass is 269 g/mol. The van der Waals surface area contributed by atoms with Gasteiger partial charge in [-0.25, -0.2) is 0 Å². The van der Waals surface area contributed by atoms with Crippen molar-refractivity contribution in [2.24, 2.45) is 17.8 Å². The third kappa shape index (κ3) is 3.47. The van der Waals surface area contributed by atoms with E-state index in [9.17, 15) is 9.59 Å². The highest BCUT2D eigenvalue weighted by molar-refractivity contribution is 5.80. The van der Waals surface area contributed by atoms with Crippen LogP contribution in [0.3, 0.4) is 0 Å². The zero-order valence-corrected chi connectivity index (χ0v) is 11.4. The summed E-state index contributed by atoms with van der Waals surface area (Å²) < 4.78 is 5.40. The number of amides is 1. The van der Waals surface area contributed by atoms with Gasteiger partial charge >= 0.3 is 5.97 Å². The number of aliphatic carboxylic acids is 1. The molecule has 0 aliphatic heterocycles. The molecule has 0 spiro atoms. The Bertz CT molecular complexity index is 344. The Labute approximate surface area is 113 Å². The molecule has 5 heteroatoms. The summed E-state index contributed by atoms with van der Waals surface area (Å²) >= 11 is 0. The van der Waals surface area contributed by atoms with Gasteiger partial charge in [-0.05, 0) is 32.1 Å². The average Bonchev–Trinajstić information content (AvgIpc) is 3.04. The Morgan fingerprint density at radius 2 is 1.95 bits per heavy atom. The number of carbonyl (C=O) groups excluding carboxylic acids is 1. The van der Waals surface area contributed by atoms with Gasteiger partial charge in [0.1, 0.15) is 0 Å². The highest BCUT2D eigenvalue weighted by Crippen LogP contribution is 2.31. The Morgan fingerprint density at radius 3 is 2.58 bits per heavy atom. The van der Waals surface area contributed by atoms with Gasteiger partial charge in [0.2, 0.25) is 5.91 Å². The maximum absolute atomic E-state index is 12.0. The van der Waals surface area contributed by atoms with E-state index in [0.717, 1.165) is 19.3 Å². The average molecular weight is 269 g/mol. The minimum Gasteiger partial charge on any atom is -0.481 e. The molecule has 19 heavy (non-hydrogen) atoms. The maximum atomic E-state index is 12.0. The summed E-state index contributed by atoms with van der Waals surface area (Å²) in [6.07, 6.45) is 5.39. The molecule has 0 aromatic rings. The number of carboxylic acid groups (broad SMARTS) is 1. The molecule has 0 heterocycles. The summed E-state index contributed by atoms with van der Waals surface area (Å²) in [6, 6.07) is 0. The number of carboxylic acids is 1. The van der Waals surface area contributed by atoms with Crippen molar-refractivity contribution in [1.29, 1.82) is 0 Å². The minimum atomic E-state index is -0.773. The topological polar surface area (TPSA) is 75.6 Å². The summed E-state index contributed by atoms with van der Waals surface area (Å²) in [5.41, 5.74) is 0. The Balaban J connectivity index is 1.74. The van der Waals surface area contributed by atoms with Crippen molar-refractivity contribution >= 4 is 11.9 Å². The van der Waals surface area contributed by atoms with Gasteiger partial charge in [0.15, 0.2) is 0 Å². The predicted molar refractivity (Wildman–Crippen MR) is 69.6 cm³/mol. The van der Waals surface area contributed by atoms with Crippen LogP contribution in [0.5, 0.6) is 0 Å². The van der Waals surface area contributed by atoms with Crippen LogP contribution in [-0.2, 0) is 14.3 Å². The van der Waals surface area contributed by atoms with Crippen LogP contribution in [0, 0.1) is 17.8 Å². The van der Waals surface area contributed by atoms with E-state index < -0.39 is 5.97 Å².